The van der Waals surface area contributed by atoms with Gasteiger partial charge in [0.05, 0.1) is 18.1 Å². The van der Waals surface area contributed by atoms with E-state index in [0.717, 1.165) is 36.8 Å². The minimum Gasteiger partial charge on any atom is -0.494 e. The quantitative estimate of drug-likeness (QED) is 0.286. The van der Waals surface area contributed by atoms with E-state index in [0.29, 0.717) is 19.6 Å². The molecule has 0 bridgehead atoms. The summed E-state index contributed by atoms with van der Waals surface area (Å²) >= 11 is 0. The Morgan fingerprint density at radius 1 is 1.23 bits per heavy atom. The fourth-order valence-corrected chi connectivity index (χ4v) is 1.79. The molecule has 0 saturated heterocycles. The summed E-state index contributed by atoms with van der Waals surface area (Å²) < 4.78 is 10.4. The second kappa shape index (κ2) is 10.4. The molecule has 0 aliphatic rings. The molecule has 0 saturated carbocycles. The van der Waals surface area contributed by atoms with Gasteiger partial charge in [-0.15, -0.1) is 0 Å². The Kier molecular flexibility index (Phi) is 8.33. The summed E-state index contributed by atoms with van der Waals surface area (Å²) in [5.74, 6) is 0.574. The van der Waals surface area contributed by atoms with Gasteiger partial charge in [0, 0.05) is 12.5 Å². The molecule has 1 aromatic carbocycles. The molecule has 0 aliphatic carbocycles. The van der Waals surface area contributed by atoms with Crippen LogP contribution in [0.3, 0.4) is 0 Å². The molecule has 1 rings (SSSR count). The molecule has 0 aromatic heterocycles. The second-order valence-electron chi connectivity index (χ2n) is 4.63. The molecule has 6 nitrogen and oxygen atoms in total. The van der Waals surface area contributed by atoms with Crippen LogP contribution in [0.5, 0.6) is 5.75 Å². The number of hydrogen-bond acceptors (Lipinski definition) is 5. The highest BCUT2D eigenvalue weighted by atomic mass is 16.6. The monoisotopic (exact) mass is 307 g/mol. The Bertz CT molecular complexity index is 496. The molecule has 0 amide bonds. The predicted molar refractivity (Wildman–Crippen MR) is 83.1 cm³/mol. The van der Waals surface area contributed by atoms with E-state index >= 15 is 0 Å². The standard InChI is InChI=1S/C16H21NO5/c1-2-21-16(18)6-4-3-5-13-22-15-9-7-14(8-10-15)11-12-17(19)20/h7-12H,2-6,13H2,1H3/b12-11+. The molecule has 0 spiro atoms. The molecule has 0 fully saturated rings. The first-order chi connectivity index (χ1) is 10.6. The van der Waals surface area contributed by atoms with Crippen LogP contribution in [0.15, 0.2) is 30.5 Å². The summed E-state index contributed by atoms with van der Waals surface area (Å²) in [6.07, 6.45) is 5.35. The fourth-order valence-electron chi connectivity index (χ4n) is 1.79. The van der Waals surface area contributed by atoms with E-state index in [9.17, 15) is 14.9 Å². The Labute approximate surface area is 129 Å². The molecule has 22 heavy (non-hydrogen) atoms. The molecular weight excluding hydrogens is 286 g/mol. The second-order valence-corrected chi connectivity index (χ2v) is 4.63. The van der Waals surface area contributed by atoms with Gasteiger partial charge in [0.15, 0.2) is 0 Å². The maximum absolute atomic E-state index is 11.1. The third kappa shape index (κ3) is 8.04. The maximum atomic E-state index is 11.1. The van der Waals surface area contributed by atoms with Crippen LogP contribution in [0.4, 0.5) is 0 Å². The van der Waals surface area contributed by atoms with Gasteiger partial charge < -0.3 is 9.47 Å². The van der Waals surface area contributed by atoms with Crippen molar-refractivity contribution in [2.75, 3.05) is 13.2 Å². The van der Waals surface area contributed by atoms with Crippen LogP contribution in [-0.4, -0.2) is 24.1 Å². The number of nitrogens with zero attached hydrogens (tertiary/aromatic N) is 1. The molecule has 0 radical (unpaired) electrons. The number of benzene rings is 1. The van der Waals surface area contributed by atoms with Gasteiger partial charge in [0.25, 0.3) is 0 Å². The highest BCUT2D eigenvalue weighted by Gasteiger charge is 2.01. The molecule has 0 unspecified atom stereocenters. The average molecular weight is 307 g/mol. The van der Waals surface area contributed by atoms with E-state index in [1.54, 1.807) is 31.2 Å². The third-order valence-electron chi connectivity index (χ3n) is 2.87. The molecule has 6 heteroatoms. The van der Waals surface area contributed by atoms with E-state index in [1.807, 2.05) is 0 Å². The van der Waals surface area contributed by atoms with Crippen LogP contribution in [0, 0.1) is 10.1 Å². The normalized spacial score (nSPS) is 10.6. The van der Waals surface area contributed by atoms with Crippen molar-refractivity contribution in [3.63, 3.8) is 0 Å². The number of unbranched alkanes of at least 4 members (excludes halogenated alkanes) is 2. The van der Waals surface area contributed by atoms with Crippen LogP contribution in [0.2, 0.25) is 0 Å². The van der Waals surface area contributed by atoms with Crippen LogP contribution >= 0.6 is 0 Å². The summed E-state index contributed by atoms with van der Waals surface area (Å²) in [6.45, 7) is 2.80. The van der Waals surface area contributed by atoms with Crippen molar-refractivity contribution in [2.45, 2.75) is 32.6 Å². The Hall–Kier alpha value is -2.37. The maximum Gasteiger partial charge on any atom is 0.305 e. The molecular formula is C16H21NO5. The topological polar surface area (TPSA) is 78.7 Å². The van der Waals surface area contributed by atoms with E-state index in [2.05, 4.69) is 0 Å². The van der Waals surface area contributed by atoms with Gasteiger partial charge in [-0.1, -0.05) is 12.1 Å². The van der Waals surface area contributed by atoms with Crippen LogP contribution < -0.4 is 4.74 Å². The largest absolute Gasteiger partial charge is 0.494 e. The van der Waals surface area contributed by atoms with Gasteiger partial charge >= 0.3 is 5.97 Å². The zero-order chi connectivity index (χ0) is 16.2. The minimum absolute atomic E-state index is 0.151. The SMILES string of the molecule is CCOC(=O)CCCCCOc1ccc(/C=C/[N+](=O)[O-])cc1. The molecule has 120 valence electrons. The van der Waals surface area contributed by atoms with Crippen LogP contribution in [0.25, 0.3) is 6.08 Å². The first kappa shape index (κ1) is 17.7. The van der Waals surface area contributed by atoms with Crippen molar-refractivity contribution < 1.29 is 19.2 Å². The van der Waals surface area contributed by atoms with Gasteiger partial charge in [0.1, 0.15) is 5.75 Å². The highest BCUT2D eigenvalue weighted by Crippen LogP contribution is 2.14. The van der Waals surface area contributed by atoms with Crippen molar-refractivity contribution in [3.8, 4) is 5.75 Å². The number of nitro groups is 1. The van der Waals surface area contributed by atoms with Gasteiger partial charge in [-0.3, -0.25) is 14.9 Å². The summed E-state index contributed by atoms with van der Waals surface area (Å²) in [7, 11) is 0. The summed E-state index contributed by atoms with van der Waals surface area (Å²) in [5.41, 5.74) is 0.749. The fraction of sp³-hybridized carbons (Fsp3) is 0.438. The zero-order valence-electron chi connectivity index (χ0n) is 12.7. The summed E-state index contributed by atoms with van der Waals surface area (Å²) in [6, 6.07) is 7.07. The van der Waals surface area contributed by atoms with Gasteiger partial charge in [-0.2, -0.15) is 0 Å². The van der Waals surface area contributed by atoms with E-state index < -0.39 is 4.92 Å². The molecule has 0 atom stereocenters. The number of esters is 1. The number of carbonyl (C=O) groups is 1. The van der Waals surface area contributed by atoms with E-state index in [-0.39, 0.29) is 5.97 Å². The van der Waals surface area contributed by atoms with Crippen molar-refractivity contribution in [1.29, 1.82) is 0 Å². The van der Waals surface area contributed by atoms with Crippen LogP contribution in [-0.2, 0) is 9.53 Å². The smallest absolute Gasteiger partial charge is 0.305 e. The van der Waals surface area contributed by atoms with Crippen molar-refractivity contribution in [1.82, 2.24) is 0 Å². The van der Waals surface area contributed by atoms with Gasteiger partial charge in [-0.05, 0) is 43.9 Å². The number of ether oxygens (including phenoxy) is 2. The Morgan fingerprint density at radius 2 is 1.95 bits per heavy atom. The first-order valence-corrected chi connectivity index (χ1v) is 7.32. The molecule has 1 aromatic rings. The number of rotatable bonds is 10. The molecule has 0 N–H and O–H groups in total. The number of carbonyl (C=O) groups excluding carboxylic acids is 1. The lowest BCUT2D eigenvalue weighted by Crippen LogP contribution is -2.04. The lowest BCUT2D eigenvalue weighted by molar-refractivity contribution is -0.400. The molecule has 0 aliphatic heterocycles. The predicted octanol–water partition coefficient (Wildman–Crippen LogP) is 3.44. The van der Waals surface area contributed by atoms with Crippen molar-refractivity contribution in [2.24, 2.45) is 0 Å². The number of hydrogen-bond donors (Lipinski definition) is 0. The van der Waals surface area contributed by atoms with E-state index in [4.69, 9.17) is 9.47 Å². The Balaban J connectivity index is 2.17. The average Bonchev–Trinajstić information content (AvgIpc) is 2.50. The Morgan fingerprint density at radius 3 is 2.59 bits per heavy atom. The molecule has 0 heterocycles. The minimum atomic E-state index is -0.499. The highest BCUT2D eigenvalue weighted by molar-refractivity contribution is 5.69. The summed E-state index contributed by atoms with van der Waals surface area (Å²) in [5, 5.41) is 10.2. The first-order valence-electron chi connectivity index (χ1n) is 7.32. The van der Waals surface area contributed by atoms with Gasteiger partial charge in [-0.25, -0.2) is 0 Å². The van der Waals surface area contributed by atoms with Crippen LogP contribution in [0.1, 0.15) is 38.2 Å². The zero-order valence-corrected chi connectivity index (χ0v) is 12.7. The van der Waals surface area contributed by atoms with E-state index in [1.165, 1.54) is 6.08 Å². The summed E-state index contributed by atoms with van der Waals surface area (Å²) in [4.78, 5) is 20.8. The lowest BCUT2D eigenvalue weighted by Gasteiger charge is -2.06. The van der Waals surface area contributed by atoms with Gasteiger partial charge in [0.2, 0.25) is 6.20 Å². The van der Waals surface area contributed by atoms with Crippen molar-refractivity contribution in [3.05, 3.63) is 46.1 Å². The third-order valence-corrected chi connectivity index (χ3v) is 2.87. The van der Waals surface area contributed by atoms with Crippen molar-refractivity contribution >= 4 is 12.0 Å². The lowest BCUT2D eigenvalue weighted by atomic mass is 10.2.